The zero-order chi connectivity index (χ0) is 22.4. The molecule has 2 radical (unpaired) electrons. The van der Waals surface area contributed by atoms with Crippen LogP contribution in [0.3, 0.4) is 0 Å². The zero-order valence-electron chi connectivity index (χ0n) is 16.2. The van der Waals surface area contributed by atoms with E-state index in [0.717, 1.165) is 18.2 Å². The molecule has 0 saturated heterocycles. The summed E-state index contributed by atoms with van der Waals surface area (Å²) in [6, 6.07) is 17.1. The molecule has 0 saturated carbocycles. The number of anilines is 1. The number of hydrazone groups is 1. The van der Waals surface area contributed by atoms with E-state index in [1.807, 2.05) is 0 Å². The molecule has 0 amide bonds. The van der Waals surface area contributed by atoms with Gasteiger partial charge in [0.2, 0.25) is 5.84 Å². The number of nitrogens with one attached hydrogen (secondary N) is 1. The van der Waals surface area contributed by atoms with Crippen LogP contribution in [0.5, 0.6) is 5.75 Å². The number of carboxylic acid groups (broad SMARTS) is 1. The van der Waals surface area contributed by atoms with Gasteiger partial charge in [0.15, 0.2) is 0 Å². The van der Waals surface area contributed by atoms with Crippen LogP contribution in [0.2, 0.25) is 0 Å². The summed E-state index contributed by atoms with van der Waals surface area (Å²) in [5.74, 6) is -1.80. The van der Waals surface area contributed by atoms with Gasteiger partial charge in [-0.2, -0.15) is 5.10 Å². The van der Waals surface area contributed by atoms with Gasteiger partial charge in [0.05, 0.1) is 10.5 Å². The number of carbonyl (C=O) groups is 1. The Bertz CT molecular complexity index is 1280. The molecular weight excluding hydrogens is 632 g/mol. The van der Waals surface area contributed by atoms with Gasteiger partial charge in [-0.3, -0.25) is 5.43 Å². The predicted molar refractivity (Wildman–Crippen MR) is 114 cm³/mol. The van der Waals surface area contributed by atoms with E-state index < -0.39 is 26.7 Å². The van der Waals surface area contributed by atoms with E-state index in [9.17, 15) is 28.0 Å². The van der Waals surface area contributed by atoms with Crippen LogP contribution in [-0.4, -0.2) is 57.2 Å². The quantitative estimate of drug-likeness (QED) is 0.104. The minimum Gasteiger partial charge on any atom is -0.871 e. The first kappa shape index (κ1) is 25.1. The fourth-order valence-corrected chi connectivity index (χ4v) is 2.94. The Morgan fingerprint density at radius 2 is 1.62 bits per heavy atom. The maximum Gasteiger partial charge on any atom is 2.00 e. The van der Waals surface area contributed by atoms with E-state index in [0.29, 0.717) is 5.56 Å². The van der Waals surface area contributed by atoms with Crippen LogP contribution in [0.4, 0.5) is 11.4 Å². The van der Waals surface area contributed by atoms with E-state index >= 15 is 0 Å². The van der Waals surface area contributed by atoms with Gasteiger partial charge in [0.1, 0.15) is 15.8 Å². The molecule has 3 rings (SSSR count). The van der Waals surface area contributed by atoms with Crippen LogP contribution in [-0.2, 0) is 10.1 Å². The molecule has 0 aliphatic carbocycles. The standard InChI is InChI=1S/C20H16N4O6S.Pb/c25-18-11-10-14(31(28,29)30)12-17(18)22-24-19(13-6-2-1-3-7-13)23-21-16-9-5-4-8-15(16)20(26)27;/h1-12,22,25H,(H,26,27)(H,28,29,30);/q;+2/p-2. The van der Waals surface area contributed by atoms with Crippen molar-refractivity contribution in [3.05, 3.63) is 83.9 Å². The Hall–Kier alpha value is -3.17. The summed E-state index contributed by atoms with van der Waals surface area (Å²) in [5, 5.41) is 33.2. The number of rotatable bonds is 6. The second-order valence-corrected chi connectivity index (χ2v) is 7.43. The molecule has 10 nitrogen and oxygen atoms in total. The van der Waals surface area contributed by atoms with Gasteiger partial charge >= 0.3 is 33.3 Å². The van der Waals surface area contributed by atoms with Crippen molar-refractivity contribution in [3.63, 3.8) is 0 Å². The number of hydrogen-bond donors (Lipinski definition) is 2. The first-order chi connectivity index (χ1) is 14.8. The molecule has 12 heteroatoms. The molecule has 3 aromatic carbocycles. The number of benzene rings is 3. The fourth-order valence-electron chi connectivity index (χ4n) is 2.44. The molecule has 160 valence electrons. The molecule has 0 spiro atoms. The van der Waals surface area contributed by atoms with E-state index in [-0.39, 0.29) is 50.1 Å². The Kier molecular flexibility index (Phi) is 8.57. The minimum absolute atomic E-state index is 0. The van der Waals surface area contributed by atoms with Crippen molar-refractivity contribution in [3.8, 4) is 5.75 Å². The Morgan fingerprint density at radius 3 is 2.28 bits per heavy atom. The summed E-state index contributed by atoms with van der Waals surface area (Å²) in [6.45, 7) is 0. The normalized spacial score (nSPS) is 11.7. The zero-order valence-corrected chi connectivity index (χ0v) is 20.9. The van der Waals surface area contributed by atoms with Crippen LogP contribution in [0.25, 0.3) is 0 Å². The molecule has 0 aromatic heterocycles. The maximum atomic E-state index is 12.0. The van der Waals surface area contributed by atoms with Crippen LogP contribution < -0.4 is 10.5 Å². The van der Waals surface area contributed by atoms with Crippen LogP contribution >= 0.6 is 0 Å². The molecule has 2 N–H and O–H groups in total. The summed E-state index contributed by atoms with van der Waals surface area (Å²) in [5.41, 5.74) is 2.64. The van der Waals surface area contributed by atoms with E-state index in [1.165, 1.54) is 12.1 Å². The molecule has 0 fully saturated rings. The van der Waals surface area contributed by atoms with Gasteiger partial charge < -0.3 is 14.8 Å². The molecule has 0 aliphatic rings. The number of azo groups is 1. The average Bonchev–Trinajstić information content (AvgIpc) is 2.75. The Balaban J connectivity index is 0.00000363. The number of amidine groups is 1. The first-order valence-corrected chi connectivity index (χ1v) is 10.1. The third kappa shape index (κ3) is 6.41. The van der Waals surface area contributed by atoms with Gasteiger partial charge in [-0.05, 0) is 24.3 Å². The van der Waals surface area contributed by atoms with Gasteiger partial charge in [-0.25, -0.2) is 13.2 Å². The predicted octanol–water partition coefficient (Wildman–Crippen LogP) is 2.54. The van der Waals surface area contributed by atoms with Crippen molar-refractivity contribution in [2.45, 2.75) is 4.90 Å². The summed E-state index contributed by atoms with van der Waals surface area (Å²) < 4.78 is 33.6. The third-order valence-corrected chi connectivity index (χ3v) is 4.77. The fraction of sp³-hybridized carbons (Fsp3) is 0. The third-order valence-electron chi connectivity index (χ3n) is 3.94. The second kappa shape index (κ2) is 10.9. The first-order valence-electron chi connectivity index (χ1n) is 8.66. The summed E-state index contributed by atoms with van der Waals surface area (Å²) in [6.07, 6.45) is 0. The SMILES string of the molecule is O=C(O)c1ccccc1N=NC(=NNc1cc(S(=O)(=O)[O-])ccc1[O-])c1ccccc1.[Pb+2]. The molecular formula is C20H14N4O6PbS. The van der Waals surface area contributed by atoms with Crippen molar-refractivity contribution >= 4 is 60.6 Å². The summed E-state index contributed by atoms with van der Waals surface area (Å²) in [4.78, 5) is 10.7. The van der Waals surface area contributed by atoms with Crippen molar-refractivity contribution in [2.24, 2.45) is 15.3 Å². The second-order valence-electron chi connectivity index (χ2n) is 6.05. The van der Waals surface area contributed by atoms with E-state index in [4.69, 9.17) is 0 Å². The Morgan fingerprint density at radius 1 is 0.969 bits per heavy atom. The molecule has 0 atom stereocenters. The largest absolute Gasteiger partial charge is 2.00 e. The minimum atomic E-state index is -4.77. The smallest absolute Gasteiger partial charge is 0.871 e. The van der Waals surface area contributed by atoms with E-state index in [2.05, 4.69) is 20.8 Å². The monoisotopic (exact) mass is 646 g/mol. The van der Waals surface area contributed by atoms with Crippen molar-refractivity contribution in [1.82, 2.24) is 0 Å². The van der Waals surface area contributed by atoms with Crippen LogP contribution in [0, 0.1) is 0 Å². The molecule has 0 unspecified atom stereocenters. The van der Waals surface area contributed by atoms with Crippen LogP contribution in [0.1, 0.15) is 15.9 Å². The summed E-state index contributed by atoms with van der Waals surface area (Å²) in [7, 11) is -4.77. The maximum absolute atomic E-state index is 12.0. The van der Waals surface area contributed by atoms with Crippen molar-refractivity contribution < 1.29 is 28.0 Å². The Labute approximate surface area is 203 Å². The molecule has 3 aromatic rings. The van der Waals surface area contributed by atoms with E-state index in [1.54, 1.807) is 42.5 Å². The van der Waals surface area contributed by atoms with Gasteiger partial charge in [0, 0.05) is 11.3 Å². The number of nitrogens with zero attached hydrogens (tertiary/aromatic N) is 3. The molecule has 0 aliphatic heterocycles. The average molecular weight is 646 g/mol. The van der Waals surface area contributed by atoms with Gasteiger partial charge in [0.25, 0.3) is 0 Å². The van der Waals surface area contributed by atoms with Crippen molar-refractivity contribution in [1.29, 1.82) is 0 Å². The van der Waals surface area contributed by atoms with Gasteiger partial charge in [-0.1, -0.05) is 54.3 Å². The molecule has 0 bridgehead atoms. The van der Waals surface area contributed by atoms with Gasteiger partial charge in [-0.15, -0.1) is 10.2 Å². The molecule has 0 heterocycles. The number of aromatic carboxylic acids is 1. The number of carboxylic acids is 1. The molecule has 32 heavy (non-hydrogen) atoms. The number of hydrogen-bond acceptors (Lipinski definition) is 8. The topological polar surface area (TPSA) is 167 Å². The summed E-state index contributed by atoms with van der Waals surface area (Å²) >= 11 is 0. The van der Waals surface area contributed by atoms with Crippen molar-refractivity contribution in [2.75, 3.05) is 5.43 Å². The van der Waals surface area contributed by atoms with Crippen LogP contribution in [0.15, 0.2) is 93.0 Å².